The first-order valence-electron chi connectivity index (χ1n) is 7.90. The summed E-state index contributed by atoms with van der Waals surface area (Å²) < 4.78 is 0. The molecule has 0 aromatic heterocycles. The molecular weight excluding hydrogens is 204 g/mol. The van der Waals surface area contributed by atoms with Gasteiger partial charge in [-0.05, 0) is 50.4 Å². The van der Waals surface area contributed by atoms with Crippen LogP contribution in [0.15, 0.2) is 11.6 Å². The Morgan fingerprint density at radius 1 is 1.18 bits per heavy atom. The smallest absolute Gasteiger partial charge is 0.0318 e. The molecule has 1 unspecified atom stereocenters. The fourth-order valence-corrected chi connectivity index (χ4v) is 2.92. The van der Waals surface area contributed by atoms with Gasteiger partial charge in [-0.1, -0.05) is 58.1 Å². The minimum absolute atomic E-state index is 0.947. The van der Waals surface area contributed by atoms with Crippen molar-refractivity contribution in [2.45, 2.75) is 85.0 Å². The Morgan fingerprint density at radius 2 is 1.88 bits per heavy atom. The minimum Gasteiger partial charge on any atom is -0.0853 e. The van der Waals surface area contributed by atoms with Crippen LogP contribution in [-0.4, -0.2) is 0 Å². The minimum atomic E-state index is 0.947. The van der Waals surface area contributed by atoms with E-state index in [0.717, 1.165) is 11.8 Å². The van der Waals surface area contributed by atoms with Crippen LogP contribution >= 0.6 is 0 Å². The van der Waals surface area contributed by atoms with Crippen LogP contribution in [0, 0.1) is 11.8 Å². The standard InChI is InChI=1S/C17H32/c1-4-8-15(2)9-6-5-7-10-17-13-11-16(3)12-14-17/h10,15-16H,4-9,11-14H2,1-3H3. The molecule has 0 spiro atoms. The first-order valence-corrected chi connectivity index (χ1v) is 7.90. The lowest BCUT2D eigenvalue weighted by atomic mass is 9.86. The van der Waals surface area contributed by atoms with Gasteiger partial charge in [0.1, 0.15) is 0 Å². The van der Waals surface area contributed by atoms with Crippen LogP contribution in [-0.2, 0) is 0 Å². The van der Waals surface area contributed by atoms with Crippen LogP contribution in [0.5, 0.6) is 0 Å². The molecule has 100 valence electrons. The molecule has 0 bridgehead atoms. The highest BCUT2D eigenvalue weighted by atomic mass is 14.2. The van der Waals surface area contributed by atoms with Crippen molar-refractivity contribution >= 4 is 0 Å². The van der Waals surface area contributed by atoms with Crippen LogP contribution < -0.4 is 0 Å². The van der Waals surface area contributed by atoms with Crippen molar-refractivity contribution in [1.29, 1.82) is 0 Å². The van der Waals surface area contributed by atoms with E-state index in [4.69, 9.17) is 0 Å². The second kappa shape index (κ2) is 8.78. The molecular formula is C17H32. The zero-order chi connectivity index (χ0) is 12.5. The summed E-state index contributed by atoms with van der Waals surface area (Å²) in [4.78, 5) is 0. The van der Waals surface area contributed by atoms with Gasteiger partial charge in [0.05, 0.1) is 0 Å². The third kappa shape index (κ3) is 6.91. The Labute approximate surface area is 109 Å². The summed E-state index contributed by atoms with van der Waals surface area (Å²) in [7, 11) is 0. The summed E-state index contributed by atoms with van der Waals surface area (Å²) in [5, 5.41) is 0. The van der Waals surface area contributed by atoms with Crippen LogP contribution in [0.1, 0.15) is 85.0 Å². The van der Waals surface area contributed by atoms with E-state index in [9.17, 15) is 0 Å². The van der Waals surface area contributed by atoms with E-state index in [1.165, 1.54) is 64.2 Å². The van der Waals surface area contributed by atoms with Crippen LogP contribution in [0.2, 0.25) is 0 Å². The van der Waals surface area contributed by atoms with Crippen LogP contribution in [0.25, 0.3) is 0 Å². The zero-order valence-corrected chi connectivity index (χ0v) is 12.3. The zero-order valence-electron chi connectivity index (χ0n) is 12.3. The van der Waals surface area contributed by atoms with Crippen molar-refractivity contribution in [2.75, 3.05) is 0 Å². The molecule has 1 atom stereocenters. The van der Waals surface area contributed by atoms with Crippen LogP contribution in [0.3, 0.4) is 0 Å². The molecule has 0 saturated heterocycles. The third-order valence-electron chi connectivity index (χ3n) is 4.28. The molecule has 1 rings (SSSR count). The molecule has 0 heteroatoms. The lowest BCUT2D eigenvalue weighted by Gasteiger charge is -2.20. The van der Waals surface area contributed by atoms with Gasteiger partial charge in [-0.3, -0.25) is 0 Å². The summed E-state index contributed by atoms with van der Waals surface area (Å²) in [6.45, 7) is 7.10. The Morgan fingerprint density at radius 3 is 2.53 bits per heavy atom. The monoisotopic (exact) mass is 236 g/mol. The van der Waals surface area contributed by atoms with Gasteiger partial charge < -0.3 is 0 Å². The predicted octanol–water partition coefficient (Wildman–Crippen LogP) is 6.12. The molecule has 0 radical (unpaired) electrons. The summed E-state index contributed by atoms with van der Waals surface area (Å²) in [5.74, 6) is 1.92. The molecule has 1 aliphatic rings. The van der Waals surface area contributed by atoms with Crippen molar-refractivity contribution in [3.8, 4) is 0 Å². The quantitative estimate of drug-likeness (QED) is 0.369. The topological polar surface area (TPSA) is 0 Å². The Kier molecular flexibility index (Phi) is 7.64. The second-order valence-electron chi connectivity index (χ2n) is 6.22. The first-order chi connectivity index (χ1) is 8.22. The summed E-state index contributed by atoms with van der Waals surface area (Å²) in [5.41, 5.74) is 1.75. The largest absolute Gasteiger partial charge is 0.0853 e. The maximum Gasteiger partial charge on any atom is -0.0318 e. The van der Waals surface area contributed by atoms with Crippen molar-refractivity contribution in [2.24, 2.45) is 11.8 Å². The van der Waals surface area contributed by atoms with E-state index in [1.54, 1.807) is 5.57 Å². The Bertz CT molecular complexity index is 204. The van der Waals surface area contributed by atoms with Gasteiger partial charge >= 0.3 is 0 Å². The normalized spacial score (nSPS) is 22.5. The molecule has 1 fully saturated rings. The average Bonchev–Trinajstić information content (AvgIpc) is 2.31. The lowest BCUT2D eigenvalue weighted by molar-refractivity contribution is 0.441. The van der Waals surface area contributed by atoms with Gasteiger partial charge in [0.15, 0.2) is 0 Å². The Balaban J connectivity index is 2.01. The highest BCUT2D eigenvalue weighted by Gasteiger charge is 2.11. The second-order valence-corrected chi connectivity index (χ2v) is 6.22. The average molecular weight is 236 g/mol. The van der Waals surface area contributed by atoms with E-state index >= 15 is 0 Å². The van der Waals surface area contributed by atoms with Crippen molar-refractivity contribution in [3.05, 3.63) is 11.6 Å². The molecule has 1 saturated carbocycles. The van der Waals surface area contributed by atoms with E-state index in [2.05, 4.69) is 26.8 Å². The third-order valence-corrected chi connectivity index (χ3v) is 4.28. The Hall–Kier alpha value is -0.260. The lowest BCUT2D eigenvalue weighted by Crippen LogP contribution is -2.03. The van der Waals surface area contributed by atoms with E-state index in [0.29, 0.717) is 0 Å². The first kappa shape index (κ1) is 14.8. The van der Waals surface area contributed by atoms with Gasteiger partial charge in [0.25, 0.3) is 0 Å². The van der Waals surface area contributed by atoms with E-state index in [-0.39, 0.29) is 0 Å². The predicted molar refractivity (Wildman–Crippen MR) is 78.3 cm³/mol. The van der Waals surface area contributed by atoms with Gasteiger partial charge in [0.2, 0.25) is 0 Å². The number of hydrogen-bond acceptors (Lipinski definition) is 0. The number of allylic oxidation sites excluding steroid dienone is 2. The molecule has 0 N–H and O–H groups in total. The molecule has 0 aromatic rings. The number of hydrogen-bond donors (Lipinski definition) is 0. The highest BCUT2D eigenvalue weighted by molar-refractivity contribution is 5.04. The fraction of sp³-hybridized carbons (Fsp3) is 0.882. The molecule has 0 aliphatic heterocycles. The van der Waals surface area contributed by atoms with Gasteiger partial charge in [-0.15, -0.1) is 0 Å². The van der Waals surface area contributed by atoms with Crippen LogP contribution in [0.4, 0.5) is 0 Å². The molecule has 0 nitrogen and oxygen atoms in total. The highest BCUT2D eigenvalue weighted by Crippen LogP contribution is 2.28. The molecule has 1 aliphatic carbocycles. The summed E-state index contributed by atoms with van der Waals surface area (Å²) in [6, 6.07) is 0. The molecule has 0 aromatic carbocycles. The maximum absolute atomic E-state index is 2.55. The van der Waals surface area contributed by atoms with E-state index < -0.39 is 0 Å². The van der Waals surface area contributed by atoms with E-state index in [1.807, 2.05) is 0 Å². The van der Waals surface area contributed by atoms with Gasteiger partial charge in [-0.25, -0.2) is 0 Å². The molecule has 0 heterocycles. The number of rotatable bonds is 7. The summed E-state index contributed by atoms with van der Waals surface area (Å²) in [6.07, 6.45) is 16.6. The van der Waals surface area contributed by atoms with Crippen molar-refractivity contribution < 1.29 is 0 Å². The fourth-order valence-electron chi connectivity index (χ4n) is 2.92. The van der Waals surface area contributed by atoms with Crippen molar-refractivity contribution in [1.82, 2.24) is 0 Å². The van der Waals surface area contributed by atoms with Gasteiger partial charge in [-0.2, -0.15) is 0 Å². The molecule has 0 amide bonds. The summed E-state index contributed by atoms with van der Waals surface area (Å²) >= 11 is 0. The van der Waals surface area contributed by atoms with Crippen molar-refractivity contribution in [3.63, 3.8) is 0 Å². The SMILES string of the molecule is CCCC(C)CCCCC=C1CCC(C)CC1. The molecule has 17 heavy (non-hydrogen) atoms. The van der Waals surface area contributed by atoms with Gasteiger partial charge in [0, 0.05) is 0 Å². The number of unbranched alkanes of at least 4 members (excludes halogenated alkanes) is 2. The maximum atomic E-state index is 2.55.